The number of hydrogen-bond donors (Lipinski definition) is 2. The zero-order chi connectivity index (χ0) is 15.7. The molecule has 0 saturated carbocycles. The van der Waals surface area contributed by atoms with Crippen molar-refractivity contribution in [1.82, 2.24) is 10.6 Å². The zero-order valence-corrected chi connectivity index (χ0v) is 13.3. The van der Waals surface area contributed by atoms with E-state index in [1.807, 2.05) is 0 Å². The number of likely N-dealkylation sites (N-methyl/N-ethyl adjacent to an activating group) is 2. The molecule has 0 spiro atoms. The first-order chi connectivity index (χ1) is 9.33. The van der Waals surface area contributed by atoms with Crippen molar-refractivity contribution >= 4 is 17.3 Å². The first kappa shape index (κ1) is 18.9. The second-order valence-electron chi connectivity index (χ2n) is 5.37. The lowest BCUT2D eigenvalue weighted by atomic mass is 9.90. The Hall–Kier alpha value is -1.07. The van der Waals surface area contributed by atoms with Crippen LogP contribution in [0.4, 0.5) is 0 Å². The van der Waals surface area contributed by atoms with Gasteiger partial charge in [-0.15, -0.1) is 0 Å². The zero-order valence-electron chi connectivity index (χ0n) is 13.3. The van der Waals surface area contributed by atoms with E-state index in [4.69, 9.17) is 0 Å². The van der Waals surface area contributed by atoms with Crippen molar-refractivity contribution in [2.24, 2.45) is 5.92 Å². The van der Waals surface area contributed by atoms with Crippen LogP contribution in [-0.4, -0.2) is 43.5 Å². The Kier molecular flexibility index (Phi) is 9.25. The standard InChI is InChI=1S/C15H28N2O3/c1-10(16-4)15(20)9-13(11(2)18)7-6-8-14(17-5)12(3)19/h10,13-14,16-17H,6-9H2,1-5H3. The third-order valence-corrected chi connectivity index (χ3v) is 3.82. The van der Waals surface area contributed by atoms with Gasteiger partial charge in [-0.25, -0.2) is 0 Å². The van der Waals surface area contributed by atoms with Crippen LogP contribution in [0.25, 0.3) is 0 Å². The van der Waals surface area contributed by atoms with Crippen LogP contribution in [0.1, 0.15) is 46.5 Å². The lowest BCUT2D eigenvalue weighted by molar-refractivity contribution is -0.127. The molecule has 3 atom stereocenters. The lowest BCUT2D eigenvalue weighted by Crippen LogP contribution is -2.34. The SMILES string of the molecule is CNC(C)C(=O)CC(CCCC(NC)C(C)=O)C(C)=O. The van der Waals surface area contributed by atoms with Gasteiger partial charge in [0.2, 0.25) is 0 Å². The summed E-state index contributed by atoms with van der Waals surface area (Å²) in [6.45, 7) is 4.89. The van der Waals surface area contributed by atoms with E-state index >= 15 is 0 Å². The maximum Gasteiger partial charge on any atom is 0.150 e. The number of ketones is 3. The predicted octanol–water partition coefficient (Wildman–Crippen LogP) is 1.11. The highest BCUT2D eigenvalue weighted by atomic mass is 16.1. The summed E-state index contributed by atoms with van der Waals surface area (Å²) in [6.07, 6.45) is 2.40. The van der Waals surface area contributed by atoms with Crippen molar-refractivity contribution < 1.29 is 14.4 Å². The molecule has 0 saturated heterocycles. The van der Waals surface area contributed by atoms with E-state index in [1.165, 1.54) is 6.92 Å². The van der Waals surface area contributed by atoms with E-state index in [0.29, 0.717) is 12.8 Å². The topological polar surface area (TPSA) is 75.3 Å². The summed E-state index contributed by atoms with van der Waals surface area (Å²) >= 11 is 0. The largest absolute Gasteiger partial charge is 0.311 e. The molecule has 0 amide bonds. The molecule has 0 aliphatic rings. The van der Waals surface area contributed by atoms with Gasteiger partial charge in [-0.1, -0.05) is 6.42 Å². The van der Waals surface area contributed by atoms with E-state index in [9.17, 15) is 14.4 Å². The summed E-state index contributed by atoms with van der Waals surface area (Å²) in [5, 5.41) is 5.85. The quantitative estimate of drug-likeness (QED) is 0.594. The third kappa shape index (κ3) is 6.91. The molecular formula is C15H28N2O3. The van der Waals surface area contributed by atoms with Gasteiger partial charge in [0, 0.05) is 12.3 Å². The minimum atomic E-state index is -0.234. The highest BCUT2D eigenvalue weighted by Gasteiger charge is 2.22. The third-order valence-electron chi connectivity index (χ3n) is 3.82. The Labute approximate surface area is 121 Å². The molecule has 0 rings (SSSR count). The number of Topliss-reactive ketones (excluding diaryl/α,β-unsaturated/α-hetero) is 3. The molecule has 116 valence electrons. The average molecular weight is 284 g/mol. The Morgan fingerprint density at radius 2 is 1.55 bits per heavy atom. The molecular weight excluding hydrogens is 256 g/mol. The molecule has 0 fully saturated rings. The van der Waals surface area contributed by atoms with Gasteiger partial charge < -0.3 is 10.6 Å². The minimum Gasteiger partial charge on any atom is -0.311 e. The van der Waals surface area contributed by atoms with E-state index in [1.54, 1.807) is 27.9 Å². The first-order valence-corrected chi connectivity index (χ1v) is 7.21. The van der Waals surface area contributed by atoms with Crippen molar-refractivity contribution in [2.45, 2.75) is 58.5 Å². The van der Waals surface area contributed by atoms with Crippen molar-refractivity contribution in [3.8, 4) is 0 Å². The minimum absolute atomic E-state index is 0.0467. The van der Waals surface area contributed by atoms with Gasteiger partial charge in [-0.3, -0.25) is 14.4 Å². The van der Waals surface area contributed by atoms with Gasteiger partial charge in [-0.05, 0) is 47.7 Å². The normalized spacial score (nSPS) is 15.4. The molecule has 5 nitrogen and oxygen atoms in total. The molecule has 0 aliphatic carbocycles. The highest BCUT2D eigenvalue weighted by molar-refractivity contribution is 5.89. The van der Waals surface area contributed by atoms with E-state index < -0.39 is 0 Å². The molecule has 0 aromatic carbocycles. The van der Waals surface area contributed by atoms with E-state index in [2.05, 4.69) is 10.6 Å². The average Bonchev–Trinajstić information content (AvgIpc) is 2.40. The van der Waals surface area contributed by atoms with E-state index in [-0.39, 0.29) is 41.8 Å². The summed E-state index contributed by atoms with van der Waals surface area (Å²) in [5.41, 5.74) is 0. The van der Waals surface area contributed by atoms with E-state index in [0.717, 1.165) is 6.42 Å². The Morgan fingerprint density at radius 1 is 0.950 bits per heavy atom. The fourth-order valence-electron chi connectivity index (χ4n) is 2.15. The van der Waals surface area contributed by atoms with Crippen molar-refractivity contribution in [1.29, 1.82) is 0 Å². The van der Waals surface area contributed by atoms with Crippen LogP contribution < -0.4 is 10.6 Å². The van der Waals surface area contributed by atoms with Gasteiger partial charge in [-0.2, -0.15) is 0 Å². The summed E-state index contributed by atoms with van der Waals surface area (Å²) in [7, 11) is 3.49. The fraction of sp³-hybridized carbons (Fsp3) is 0.800. The summed E-state index contributed by atoms with van der Waals surface area (Å²) < 4.78 is 0. The molecule has 3 unspecified atom stereocenters. The monoisotopic (exact) mass is 284 g/mol. The van der Waals surface area contributed by atoms with Crippen LogP contribution in [-0.2, 0) is 14.4 Å². The maximum atomic E-state index is 11.9. The van der Waals surface area contributed by atoms with Gasteiger partial charge in [0.25, 0.3) is 0 Å². The number of hydrogen-bond acceptors (Lipinski definition) is 5. The molecule has 0 radical (unpaired) electrons. The van der Waals surface area contributed by atoms with Gasteiger partial charge in [0.15, 0.2) is 0 Å². The molecule has 0 heterocycles. The van der Waals surface area contributed by atoms with Crippen LogP contribution in [0.2, 0.25) is 0 Å². The molecule has 5 heteroatoms. The summed E-state index contributed by atoms with van der Waals surface area (Å²) in [4.78, 5) is 34.8. The number of carbonyl (C=O) groups excluding carboxylic acids is 3. The summed E-state index contributed by atoms with van der Waals surface area (Å²) in [6, 6.07) is -0.381. The molecule has 0 bridgehead atoms. The second-order valence-corrected chi connectivity index (χ2v) is 5.37. The predicted molar refractivity (Wildman–Crippen MR) is 79.7 cm³/mol. The van der Waals surface area contributed by atoms with Gasteiger partial charge in [0.1, 0.15) is 17.3 Å². The van der Waals surface area contributed by atoms with Crippen LogP contribution in [0, 0.1) is 5.92 Å². The first-order valence-electron chi connectivity index (χ1n) is 7.21. The van der Waals surface area contributed by atoms with Gasteiger partial charge in [0.05, 0.1) is 12.1 Å². The molecule has 2 N–H and O–H groups in total. The van der Waals surface area contributed by atoms with Crippen LogP contribution in [0.15, 0.2) is 0 Å². The smallest absolute Gasteiger partial charge is 0.150 e. The molecule has 0 aromatic heterocycles. The number of carbonyl (C=O) groups is 3. The molecule has 0 aliphatic heterocycles. The van der Waals surface area contributed by atoms with Crippen molar-refractivity contribution in [2.75, 3.05) is 14.1 Å². The number of rotatable bonds is 11. The summed E-state index contributed by atoms with van der Waals surface area (Å²) in [5.74, 6) is -0.0237. The molecule has 20 heavy (non-hydrogen) atoms. The Balaban J connectivity index is 4.32. The Morgan fingerprint density at radius 3 is 1.95 bits per heavy atom. The van der Waals surface area contributed by atoms with Crippen molar-refractivity contribution in [3.05, 3.63) is 0 Å². The fourth-order valence-corrected chi connectivity index (χ4v) is 2.15. The van der Waals surface area contributed by atoms with Gasteiger partial charge >= 0.3 is 0 Å². The van der Waals surface area contributed by atoms with Crippen LogP contribution >= 0.6 is 0 Å². The second kappa shape index (κ2) is 9.77. The van der Waals surface area contributed by atoms with Crippen LogP contribution in [0.5, 0.6) is 0 Å². The highest BCUT2D eigenvalue weighted by Crippen LogP contribution is 2.16. The Bertz CT molecular complexity index is 342. The number of nitrogens with one attached hydrogen (secondary N) is 2. The van der Waals surface area contributed by atoms with Crippen LogP contribution in [0.3, 0.4) is 0 Å². The maximum absolute atomic E-state index is 11.9. The molecule has 0 aromatic rings. The lowest BCUT2D eigenvalue weighted by Gasteiger charge is -2.17. The van der Waals surface area contributed by atoms with Crippen molar-refractivity contribution in [3.63, 3.8) is 0 Å².